The number of hydrazone groups is 3. The van der Waals surface area contributed by atoms with Crippen LogP contribution in [0.2, 0.25) is 25.1 Å². The first-order chi connectivity index (χ1) is 45.7. The van der Waals surface area contributed by atoms with Gasteiger partial charge in [-0.25, -0.2) is 15.0 Å². The zero-order valence-electron chi connectivity index (χ0n) is 52.3. The molecule has 3 atom stereocenters. The van der Waals surface area contributed by atoms with Crippen molar-refractivity contribution in [3.8, 4) is 0 Å². The number of hydrogen-bond donors (Lipinski definition) is 0. The van der Waals surface area contributed by atoms with Gasteiger partial charge in [0.1, 0.15) is 17.5 Å². The number of halogens is 5. The number of benzene rings is 8. The van der Waals surface area contributed by atoms with Gasteiger partial charge in [0.05, 0.1) is 46.6 Å². The van der Waals surface area contributed by atoms with Gasteiger partial charge in [-0.1, -0.05) is 213 Å². The quantitative estimate of drug-likeness (QED) is 0.0710. The van der Waals surface area contributed by atoms with E-state index in [9.17, 15) is 25.3 Å². The molecule has 95 heavy (non-hydrogen) atoms. The van der Waals surface area contributed by atoms with Crippen LogP contribution in [0.5, 0.6) is 0 Å². The first kappa shape index (κ1) is 70.2. The highest BCUT2D eigenvalue weighted by Crippen LogP contribution is 2.35. The molecule has 1 fully saturated rings. The highest BCUT2D eigenvalue weighted by molar-refractivity contribution is 7.90. The molecule has 3 unspecified atom stereocenters. The second-order valence-corrected chi connectivity index (χ2v) is 29.5. The van der Waals surface area contributed by atoms with E-state index in [1.165, 1.54) is 52.8 Å². The minimum atomic E-state index is -3.89. The number of sulfonamides is 2. The van der Waals surface area contributed by atoms with E-state index in [1.54, 1.807) is 15.0 Å². The van der Waals surface area contributed by atoms with E-state index in [1.807, 2.05) is 172 Å². The van der Waals surface area contributed by atoms with Crippen molar-refractivity contribution < 1.29 is 25.3 Å². The second-order valence-electron chi connectivity index (χ2n) is 22.5. The molecule has 8 aromatic rings. The van der Waals surface area contributed by atoms with Crippen molar-refractivity contribution in [2.24, 2.45) is 28.5 Å². The Morgan fingerprint density at radius 3 is 0.905 bits per heavy atom. The van der Waals surface area contributed by atoms with Crippen molar-refractivity contribution in [2.75, 3.05) is 32.7 Å². The molecule has 0 bridgehead atoms. The fourth-order valence-electron chi connectivity index (χ4n) is 11.2. The van der Waals surface area contributed by atoms with Gasteiger partial charge in [0.25, 0.3) is 20.0 Å². The number of piperidine rings is 1. The summed E-state index contributed by atoms with van der Waals surface area (Å²) in [4.78, 5) is 0.183. The number of hydrogen-bond acceptors (Lipinski definition) is 9. The van der Waals surface area contributed by atoms with Crippen LogP contribution < -0.4 is 0 Å². The topological polar surface area (TPSA) is 190 Å². The molecule has 492 valence electrons. The van der Waals surface area contributed by atoms with E-state index in [0.717, 1.165) is 69.8 Å². The van der Waals surface area contributed by atoms with Crippen LogP contribution in [0.4, 0.5) is 0 Å². The average Bonchev–Trinajstić information content (AvgIpc) is 1.68. The van der Waals surface area contributed by atoms with Crippen molar-refractivity contribution >= 4 is 123 Å². The van der Waals surface area contributed by atoms with Gasteiger partial charge in [-0.2, -0.15) is 44.9 Å². The van der Waals surface area contributed by atoms with E-state index in [4.69, 9.17) is 73.3 Å². The zero-order valence-corrected chi connectivity index (χ0v) is 58.5. The van der Waals surface area contributed by atoms with Crippen molar-refractivity contribution in [2.45, 2.75) is 86.8 Å². The fraction of sp³-hybridized carbons (Fsp3) is 0.239. The molecule has 4 heterocycles. The van der Waals surface area contributed by atoms with Crippen LogP contribution in [0.15, 0.2) is 251 Å². The first-order valence-corrected chi connectivity index (χ1v) is 37.2. The smallest absolute Gasteiger partial charge is 0.249 e. The first-order valence-electron chi connectivity index (χ1n) is 31.0. The lowest BCUT2D eigenvalue weighted by atomic mass is 9.91. The SMILES string of the molecule is CCC(=NS(=O)(=O)N1CCCCC1)N1CC(c2ccccc2)C(c2ccc(Cl)cc2)=N1.CCC(=NS(=O)(=O)c1ccc(Cl)cc1)N1CC(c2ccccc2)C(c2ccc(Cl)cc2)=N1.CCC(=NS(=O)(=O)c1ccc(Cl)cc1)N1CC(c2ccccc2)C(c2ccc(Cl)cc2)=N1. The van der Waals surface area contributed by atoms with Gasteiger partial charge in [0, 0.05) is 75.2 Å². The van der Waals surface area contributed by atoms with Crippen LogP contribution in [0.3, 0.4) is 0 Å². The number of nitrogens with zero attached hydrogens (tertiary/aromatic N) is 10. The summed E-state index contributed by atoms with van der Waals surface area (Å²) < 4.78 is 91.3. The van der Waals surface area contributed by atoms with E-state index >= 15 is 0 Å². The Bertz CT molecular complexity index is 4290. The summed E-state index contributed by atoms with van der Waals surface area (Å²) >= 11 is 30.0. The Balaban J connectivity index is 0.000000155. The summed E-state index contributed by atoms with van der Waals surface area (Å²) in [6.07, 6.45) is 4.13. The third kappa shape index (κ3) is 17.9. The van der Waals surface area contributed by atoms with Crippen LogP contribution in [-0.4, -0.2) is 112 Å². The predicted octanol–water partition coefficient (Wildman–Crippen LogP) is 16.7. The van der Waals surface area contributed by atoms with E-state index < -0.39 is 30.3 Å². The number of rotatable bonds is 15. The standard InChI is InChI=1S/2C24H21Cl2N3O2S.C23H27ClN4O2S/c2*1-2-23(28-32(30,31)21-14-12-20(26)13-15-21)29-16-22(17-6-4-3-5-7-17)24(27-29)18-8-10-19(25)11-9-18;1-2-22(26-31(29,30)27-15-7-4-8-16-27)28-17-21(18-9-5-3-6-10-18)23(25-28)19-11-13-20(24)14-12-19/h2*3-15,22H,2,16H2,1H3;3,5-6,9-14,21H,2,4,7-8,15-17H2,1H3. The largest absolute Gasteiger partial charge is 0.324 e. The fourth-order valence-corrected chi connectivity index (χ4v) is 15.4. The summed E-state index contributed by atoms with van der Waals surface area (Å²) in [7, 11) is -11.5. The van der Waals surface area contributed by atoms with E-state index in [-0.39, 0.29) is 27.5 Å². The van der Waals surface area contributed by atoms with Gasteiger partial charge >= 0.3 is 10.2 Å². The maximum atomic E-state index is 12.9. The second kappa shape index (κ2) is 32.0. The van der Waals surface area contributed by atoms with Gasteiger partial charge in [0.15, 0.2) is 0 Å². The summed E-state index contributed by atoms with van der Waals surface area (Å²) in [6.45, 7) is 8.24. The highest BCUT2D eigenvalue weighted by atomic mass is 35.5. The van der Waals surface area contributed by atoms with Crippen molar-refractivity contribution in [1.82, 2.24) is 19.3 Å². The van der Waals surface area contributed by atoms with Crippen LogP contribution in [0, 0.1) is 0 Å². The summed E-state index contributed by atoms with van der Waals surface area (Å²) in [5.74, 6) is 1.17. The van der Waals surface area contributed by atoms with Crippen LogP contribution in [0.25, 0.3) is 0 Å². The van der Waals surface area contributed by atoms with Crippen LogP contribution >= 0.6 is 58.0 Å². The van der Waals surface area contributed by atoms with Crippen molar-refractivity contribution in [1.29, 1.82) is 0 Å². The molecule has 0 spiro atoms. The third-order valence-electron chi connectivity index (χ3n) is 16.1. The van der Waals surface area contributed by atoms with Gasteiger partial charge in [0.2, 0.25) is 0 Å². The lowest BCUT2D eigenvalue weighted by molar-refractivity contribution is 0.346. The van der Waals surface area contributed by atoms with Gasteiger partial charge in [-0.05, 0) is 131 Å². The minimum absolute atomic E-state index is 0.0109. The molecular weight excluding hydrogens is 1360 g/mol. The molecule has 4 aliphatic heterocycles. The van der Waals surface area contributed by atoms with Crippen molar-refractivity contribution in [3.63, 3.8) is 0 Å². The Morgan fingerprint density at radius 2 is 0.632 bits per heavy atom. The molecule has 16 nitrogen and oxygen atoms in total. The Hall–Kier alpha value is -7.56. The number of amidine groups is 3. The normalized spacial score (nSPS) is 18.1. The van der Waals surface area contributed by atoms with E-state index in [0.29, 0.717) is 94.6 Å². The third-order valence-corrected chi connectivity index (χ3v) is 21.5. The van der Waals surface area contributed by atoms with Crippen molar-refractivity contribution in [3.05, 3.63) is 271 Å². The molecule has 0 amide bonds. The highest BCUT2D eigenvalue weighted by Gasteiger charge is 2.36. The molecule has 1 saturated heterocycles. The lowest BCUT2D eigenvalue weighted by Crippen LogP contribution is -2.36. The molecule has 24 heteroatoms. The van der Waals surface area contributed by atoms with Crippen LogP contribution in [0.1, 0.15) is 110 Å². The molecule has 0 aliphatic carbocycles. The Kier molecular flexibility index (Phi) is 23.7. The van der Waals surface area contributed by atoms with Crippen LogP contribution in [-0.2, 0) is 30.3 Å². The average molecular weight is 1430 g/mol. The summed E-state index contributed by atoms with van der Waals surface area (Å²) in [5, 5.41) is 22.5. The molecule has 12 rings (SSSR count). The molecule has 0 saturated carbocycles. The lowest BCUT2D eigenvalue weighted by Gasteiger charge is -2.24. The maximum Gasteiger partial charge on any atom is 0.324 e. The minimum Gasteiger partial charge on any atom is -0.249 e. The maximum absolute atomic E-state index is 12.9. The molecular formula is C71H69Cl5N10O6S3. The molecule has 0 N–H and O–H groups in total. The monoisotopic (exact) mass is 1430 g/mol. The molecule has 0 aromatic heterocycles. The molecule has 0 radical (unpaired) electrons. The predicted molar refractivity (Wildman–Crippen MR) is 386 cm³/mol. The Labute approximate surface area is 581 Å². The van der Waals surface area contributed by atoms with E-state index in [2.05, 4.69) is 25.3 Å². The summed E-state index contributed by atoms with van der Waals surface area (Å²) in [6, 6.07) is 64.7. The molecule has 4 aliphatic rings. The molecule has 8 aromatic carbocycles. The van der Waals surface area contributed by atoms with Gasteiger partial charge in [-0.15, -0.1) is 13.2 Å². The summed E-state index contributed by atoms with van der Waals surface area (Å²) in [5.41, 5.74) is 8.74. The van der Waals surface area contributed by atoms with Gasteiger partial charge < -0.3 is 0 Å². The zero-order chi connectivity index (χ0) is 67.3. The van der Waals surface area contributed by atoms with Gasteiger partial charge in [-0.3, -0.25) is 0 Å². The Morgan fingerprint density at radius 1 is 0.368 bits per heavy atom.